The van der Waals surface area contributed by atoms with E-state index < -0.39 is 10.0 Å². The van der Waals surface area contributed by atoms with Crippen LogP contribution in [0.25, 0.3) is 10.2 Å². The van der Waals surface area contributed by atoms with Crippen molar-refractivity contribution >= 4 is 43.2 Å². The molecule has 0 saturated carbocycles. The maximum atomic E-state index is 12.2. The van der Waals surface area contributed by atoms with E-state index in [-0.39, 0.29) is 15.2 Å². The van der Waals surface area contributed by atoms with Crippen LogP contribution in [0.15, 0.2) is 39.3 Å². The van der Waals surface area contributed by atoms with Crippen LogP contribution in [-0.2, 0) is 16.4 Å². The zero-order valence-electron chi connectivity index (χ0n) is 12.0. The molecule has 9 heteroatoms. The second-order valence-corrected chi connectivity index (χ2v) is 8.39. The summed E-state index contributed by atoms with van der Waals surface area (Å²) >= 11 is 6.91. The third-order valence-corrected chi connectivity index (χ3v) is 6.37. The summed E-state index contributed by atoms with van der Waals surface area (Å²) in [6, 6.07) is 8.58. The lowest BCUT2D eigenvalue weighted by atomic mass is 10.1. The molecular weight excluding hydrogens is 358 g/mol. The molecule has 0 fully saturated rings. The highest BCUT2D eigenvalue weighted by Crippen LogP contribution is 2.25. The molecule has 0 saturated heterocycles. The predicted octanol–water partition coefficient (Wildman–Crippen LogP) is 2.14. The van der Waals surface area contributed by atoms with Gasteiger partial charge in [0.2, 0.25) is 10.0 Å². The van der Waals surface area contributed by atoms with Crippen LogP contribution in [0.4, 0.5) is 0 Å². The fourth-order valence-electron chi connectivity index (χ4n) is 2.11. The van der Waals surface area contributed by atoms with E-state index in [9.17, 15) is 13.2 Å². The van der Waals surface area contributed by atoms with Crippen molar-refractivity contribution in [3.05, 3.63) is 57.1 Å². The van der Waals surface area contributed by atoms with Gasteiger partial charge in [0.1, 0.15) is 14.9 Å². The number of hydrogen-bond acceptors (Lipinski definition) is 5. The van der Waals surface area contributed by atoms with E-state index in [1.165, 1.54) is 13.1 Å². The van der Waals surface area contributed by atoms with Crippen LogP contribution in [0.3, 0.4) is 0 Å². The van der Waals surface area contributed by atoms with Gasteiger partial charge < -0.3 is 4.98 Å². The van der Waals surface area contributed by atoms with E-state index in [1.54, 1.807) is 12.1 Å². The maximum Gasteiger partial charge on any atom is 0.259 e. The topological polar surface area (TPSA) is 91.9 Å². The number of benzene rings is 1. The molecule has 0 amide bonds. The first-order valence-electron chi connectivity index (χ1n) is 6.60. The number of halogens is 1. The van der Waals surface area contributed by atoms with Crippen LogP contribution in [0.1, 0.15) is 11.4 Å². The Bertz CT molecular complexity index is 1040. The Morgan fingerprint density at radius 1 is 1.35 bits per heavy atom. The fraction of sp³-hybridized carbons (Fsp3) is 0.143. The minimum atomic E-state index is -3.60. The van der Waals surface area contributed by atoms with Crippen molar-refractivity contribution in [3.8, 4) is 0 Å². The normalized spacial score (nSPS) is 11.9. The molecule has 2 N–H and O–H groups in total. The van der Waals surface area contributed by atoms with Gasteiger partial charge in [0, 0.05) is 11.4 Å². The molecule has 0 spiro atoms. The highest BCUT2D eigenvalue weighted by molar-refractivity contribution is 7.91. The van der Waals surface area contributed by atoms with Gasteiger partial charge >= 0.3 is 0 Å². The van der Waals surface area contributed by atoms with Crippen molar-refractivity contribution in [3.63, 3.8) is 0 Å². The Morgan fingerprint density at radius 2 is 2.13 bits per heavy atom. The van der Waals surface area contributed by atoms with E-state index in [0.717, 1.165) is 16.9 Å². The first-order chi connectivity index (χ1) is 10.9. The van der Waals surface area contributed by atoms with E-state index in [0.29, 0.717) is 22.1 Å². The Hall–Kier alpha value is -1.74. The fourth-order valence-corrected chi connectivity index (χ4v) is 4.51. The standard InChI is InChI=1S/C14H12ClN3O3S2/c1-16-23(20,21)12-7-10-13(19)17-11(18-14(10)22-12)6-8-3-2-4-9(15)5-8/h2-5,7,16H,6H2,1H3,(H,17,18,19). The maximum absolute atomic E-state index is 12.2. The number of aromatic nitrogens is 2. The third-order valence-electron chi connectivity index (χ3n) is 3.22. The van der Waals surface area contributed by atoms with Crippen molar-refractivity contribution in [1.82, 2.24) is 14.7 Å². The van der Waals surface area contributed by atoms with Gasteiger partial charge in [-0.2, -0.15) is 0 Å². The summed E-state index contributed by atoms with van der Waals surface area (Å²) in [7, 11) is -2.27. The zero-order valence-corrected chi connectivity index (χ0v) is 14.3. The summed E-state index contributed by atoms with van der Waals surface area (Å²) in [5.74, 6) is 0.458. The Morgan fingerprint density at radius 3 is 2.83 bits per heavy atom. The summed E-state index contributed by atoms with van der Waals surface area (Å²) < 4.78 is 26.0. The lowest BCUT2D eigenvalue weighted by molar-refractivity contribution is 0.590. The summed E-state index contributed by atoms with van der Waals surface area (Å²) in [5.41, 5.74) is 0.542. The molecule has 23 heavy (non-hydrogen) atoms. The second kappa shape index (κ2) is 6.04. The van der Waals surface area contributed by atoms with Gasteiger partial charge in [-0.25, -0.2) is 18.1 Å². The smallest absolute Gasteiger partial charge is 0.259 e. The molecule has 2 aromatic heterocycles. The molecule has 0 aliphatic heterocycles. The molecule has 6 nitrogen and oxygen atoms in total. The van der Waals surface area contributed by atoms with Crippen molar-refractivity contribution < 1.29 is 8.42 Å². The van der Waals surface area contributed by atoms with Gasteiger partial charge in [0.05, 0.1) is 5.39 Å². The van der Waals surface area contributed by atoms with E-state index in [2.05, 4.69) is 14.7 Å². The van der Waals surface area contributed by atoms with Crippen LogP contribution < -0.4 is 10.3 Å². The molecule has 0 aliphatic carbocycles. The van der Waals surface area contributed by atoms with Crippen LogP contribution in [0, 0.1) is 0 Å². The largest absolute Gasteiger partial charge is 0.310 e. The lowest BCUT2D eigenvalue weighted by Crippen LogP contribution is -2.17. The summed E-state index contributed by atoms with van der Waals surface area (Å²) in [5, 5.41) is 0.864. The van der Waals surface area contributed by atoms with Crippen molar-refractivity contribution in [1.29, 1.82) is 0 Å². The van der Waals surface area contributed by atoms with Crippen LogP contribution >= 0.6 is 22.9 Å². The number of rotatable bonds is 4. The first kappa shape index (κ1) is 16.1. The van der Waals surface area contributed by atoms with Gasteiger partial charge in [0.15, 0.2) is 0 Å². The van der Waals surface area contributed by atoms with Gasteiger partial charge in [-0.15, -0.1) is 11.3 Å². The molecule has 0 bridgehead atoms. The number of sulfonamides is 1. The molecule has 0 atom stereocenters. The Balaban J connectivity index is 2.06. The van der Waals surface area contributed by atoms with Crippen molar-refractivity contribution in [2.24, 2.45) is 0 Å². The minimum Gasteiger partial charge on any atom is -0.310 e. The quantitative estimate of drug-likeness (QED) is 0.737. The number of hydrogen-bond donors (Lipinski definition) is 2. The lowest BCUT2D eigenvalue weighted by Gasteiger charge is -2.02. The van der Waals surface area contributed by atoms with Gasteiger partial charge in [-0.05, 0) is 30.8 Å². The highest BCUT2D eigenvalue weighted by atomic mass is 35.5. The van der Waals surface area contributed by atoms with Crippen LogP contribution in [-0.4, -0.2) is 25.4 Å². The monoisotopic (exact) mass is 369 g/mol. The Kier molecular flexibility index (Phi) is 4.24. The minimum absolute atomic E-state index is 0.0629. The SMILES string of the molecule is CNS(=O)(=O)c1cc2c(=O)[nH]c(Cc3cccc(Cl)c3)nc2s1. The van der Waals surface area contributed by atoms with Gasteiger partial charge in [0.25, 0.3) is 5.56 Å². The first-order valence-corrected chi connectivity index (χ1v) is 9.27. The Labute approximate surface area is 141 Å². The second-order valence-electron chi connectivity index (χ2n) is 4.81. The van der Waals surface area contributed by atoms with Gasteiger partial charge in [-0.3, -0.25) is 4.79 Å². The zero-order chi connectivity index (χ0) is 16.6. The van der Waals surface area contributed by atoms with Crippen molar-refractivity contribution in [2.75, 3.05) is 7.05 Å². The molecule has 1 aromatic carbocycles. The molecule has 0 radical (unpaired) electrons. The number of fused-ring (bicyclic) bond motifs is 1. The summed E-state index contributed by atoms with van der Waals surface area (Å²) in [4.78, 5) is 19.6. The predicted molar refractivity (Wildman–Crippen MR) is 90.7 cm³/mol. The molecule has 0 unspecified atom stereocenters. The average molecular weight is 370 g/mol. The van der Waals surface area contributed by atoms with Crippen LogP contribution in [0.5, 0.6) is 0 Å². The van der Waals surface area contributed by atoms with E-state index >= 15 is 0 Å². The molecule has 2 heterocycles. The van der Waals surface area contributed by atoms with Gasteiger partial charge in [-0.1, -0.05) is 23.7 Å². The molecular formula is C14H12ClN3O3S2. The number of nitrogens with one attached hydrogen (secondary N) is 2. The van der Waals surface area contributed by atoms with E-state index in [1.807, 2.05) is 12.1 Å². The number of H-pyrrole nitrogens is 1. The molecule has 3 aromatic rings. The van der Waals surface area contributed by atoms with Crippen molar-refractivity contribution in [2.45, 2.75) is 10.6 Å². The van der Waals surface area contributed by atoms with Crippen LogP contribution in [0.2, 0.25) is 5.02 Å². The highest BCUT2D eigenvalue weighted by Gasteiger charge is 2.18. The molecule has 0 aliphatic rings. The number of aromatic amines is 1. The summed E-state index contributed by atoms with van der Waals surface area (Å²) in [6.45, 7) is 0. The molecule has 3 rings (SSSR count). The number of thiophene rings is 1. The average Bonchev–Trinajstić information content (AvgIpc) is 2.93. The van der Waals surface area contributed by atoms with E-state index in [4.69, 9.17) is 11.6 Å². The third kappa shape index (κ3) is 3.30. The summed E-state index contributed by atoms with van der Waals surface area (Å²) in [6.07, 6.45) is 0.401. The number of nitrogens with zero attached hydrogens (tertiary/aromatic N) is 1. The molecule has 120 valence electrons.